The van der Waals surface area contributed by atoms with E-state index in [1.165, 1.54) is 10.9 Å². The molecule has 0 spiro atoms. The number of thiazole rings is 1. The molecule has 4 heteroatoms. The minimum atomic E-state index is -0.183. The molecule has 1 atom stereocenters. The molecule has 0 radical (unpaired) electrons. The highest BCUT2D eigenvalue weighted by molar-refractivity contribution is 7.11. The van der Waals surface area contributed by atoms with Gasteiger partial charge in [0.25, 0.3) is 0 Å². The number of nitrogens with zero attached hydrogens (tertiary/aromatic N) is 1. The maximum atomic E-state index is 13.2. The van der Waals surface area contributed by atoms with Crippen LogP contribution in [0, 0.1) is 26.6 Å². The number of aromatic nitrogens is 1. The Labute approximate surface area is 117 Å². The number of hydrogen-bond acceptors (Lipinski definition) is 3. The molecular weight excluding hydrogens is 259 g/mol. The second kappa shape index (κ2) is 5.80. The molecule has 0 aliphatic rings. The molecular formula is C15H19FN2S. The van der Waals surface area contributed by atoms with E-state index in [0.29, 0.717) is 0 Å². The summed E-state index contributed by atoms with van der Waals surface area (Å²) in [7, 11) is 1.93. The Morgan fingerprint density at radius 3 is 2.58 bits per heavy atom. The van der Waals surface area contributed by atoms with Gasteiger partial charge in [0.05, 0.1) is 10.7 Å². The Kier molecular flexibility index (Phi) is 4.32. The van der Waals surface area contributed by atoms with Crippen LogP contribution in [0.25, 0.3) is 0 Å². The quantitative estimate of drug-likeness (QED) is 0.922. The summed E-state index contributed by atoms with van der Waals surface area (Å²) in [6, 6.07) is 5.13. The predicted octanol–water partition coefficient (Wildman–Crippen LogP) is 3.71. The first-order valence-corrected chi connectivity index (χ1v) is 7.19. The average molecular weight is 278 g/mol. The number of rotatable bonds is 4. The number of aryl methyl sites for hydroxylation is 3. The van der Waals surface area contributed by atoms with Crippen molar-refractivity contribution in [2.75, 3.05) is 7.05 Å². The first-order valence-electron chi connectivity index (χ1n) is 6.37. The van der Waals surface area contributed by atoms with Crippen LogP contribution < -0.4 is 5.32 Å². The van der Waals surface area contributed by atoms with Crippen molar-refractivity contribution in [1.29, 1.82) is 0 Å². The van der Waals surface area contributed by atoms with Crippen LogP contribution in [0.2, 0.25) is 0 Å². The van der Waals surface area contributed by atoms with Gasteiger partial charge in [-0.15, -0.1) is 11.3 Å². The molecule has 0 amide bonds. The Morgan fingerprint density at radius 2 is 2.05 bits per heavy atom. The summed E-state index contributed by atoms with van der Waals surface area (Å²) in [5.74, 6) is -0.183. The minimum absolute atomic E-state index is 0.172. The van der Waals surface area contributed by atoms with E-state index in [0.717, 1.165) is 28.2 Å². The summed E-state index contributed by atoms with van der Waals surface area (Å²) < 4.78 is 13.2. The van der Waals surface area contributed by atoms with Crippen molar-refractivity contribution in [3.63, 3.8) is 0 Å². The van der Waals surface area contributed by atoms with E-state index in [9.17, 15) is 4.39 Å². The Balaban J connectivity index is 2.24. The molecule has 0 bridgehead atoms. The summed E-state index contributed by atoms with van der Waals surface area (Å²) in [4.78, 5) is 5.84. The van der Waals surface area contributed by atoms with Crippen molar-refractivity contribution in [2.45, 2.75) is 33.2 Å². The largest absolute Gasteiger partial charge is 0.313 e. The molecule has 0 aliphatic carbocycles. The zero-order valence-electron chi connectivity index (χ0n) is 11.7. The topological polar surface area (TPSA) is 24.9 Å². The molecule has 0 fully saturated rings. The van der Waals surface area contributed by atoms with Gasteiger partial charge >= 0.3 is 0 Å². The minimum Gasteiger partial charge on any atom is -0.313 e. The second-order valence-corrected chi connectivity index (χ2v) is 6.08. The molecule has 2 aromatic rings. The van der Waals surface area contributed by atoms with Gasteiger partial charge in [-0.2, -0.15) is 0 Å². The monoisotopic (exact) mass is 278 g/mol. The van der Waals surface area contributed by atoms with Gasteiger partial charge in [0.15, 0.2) is 0 Å². The molecule has 102 valence electrons. The predicted molar refractivity (Wildman–Crippen MR) is 78.2 cm³/mol. The van der Waals surface area contributed by atoms with E-state index >= 15 is 0 Å². The van der Waals surface area contributed by atoms with E-state index in [1.807, 2.05) is 27.0 Å². The van der Waals surface area contributed by atoms with E-state index in [-0.39, 0.29) is 11.9 Å². The van der Waals surface area contributed by atoms with Gasteiger partial charge in [-0.3, -0.25) is 0 Å². The third-order valence-corrected chi connectivity index (χ3v) is 4.50. The number of benzene rings is 1. The molecule has 2 rings (SSSR count). The van der Waals surface area contributed by atoms with Gasteiger partial charge in [-0.25, -0.2) is 9.37 Å². The van der Waals surface area contributed by atoms with E-state index < -0.39 is 0 Å². The summed E-state index contributed by atoms with van der Waals surface area (Å²) in [5.41, 5.74) is 3.21. The third kappa shape index (κ3) is 3.19. The SMILES string of the molecule is CNC(Cc1nc(C)c(C)s1)c1ccc(F)cc1C. The summed E-state index contributed by atoms with van der Waals surface area (Å²) >= 11 is 1.74. The highest BCUT2D eigenvalue weighted by Gasteiger charge is 2.15. The molecule has 2 nitrogen and oxygen atoms in total. The molecule has 1 aromatic carbocycles. The maximum Gasteiger partial charge on any atom is 0.123 e. The lowest BCUT2D eigenvalue weighted by Gasteiger charge is -2.17. The standard InChI is InChI=1S/C15H19FN2S/c1-9-7-12(16)5-6-13(9)14(17-4)8-15-18-10(2)11(3)19-15/h5-7,14,17H,8H2,1-4H3. The second-order valence-electron chi connectivity index (χ2n) is 4.80. The fourth-order valence-corrected chi connectivity index (χ4v) is 3.18. The Hall–Kier alpha value is -1.26. The van der Waals surface area contributed by atoms with Gasteiger partial charge in [0, 0.05) is 17.3 Å². The highest BCUT2D eigenvalue weighted by Crippen LogP contribution is 2.25. The van der Waals surface area contributed by atoms with Crippen LogP contribution in [0.15, 0.2) is 18.2 Å². The third-order valence-electron chi connectivity index (χ3n) is 3.41. The molecule has 1 heterocycles. The number of hydrogen-bond donors (Lipinski definition) is 1. The van der Waals surface area contributed by atoms with Crippen molar-refractivity contribution in [2.24, 2.45) is 0 Å². The van der Waals surface area contributed by atoms with Crippen molar-refractivity contribution in [3.05, 3.63) is 50.7 Å². The van der Waals surface area contributed by atoms with Gasteiger partial charge in [0.2, 0.25) is 0 Å². The summed E-state index contributed by atoms with van der Waals surface area (Å²) in [6.45, 7) is 6.07. The molecule has 0 saturated carbocycles. The number of nitrogens with one attached hydrogen (secondary N) is 1. The molecule has 1 aromatic heterocycles. The Bertz CT molecular complexity index is 558. The van der Waals surface area contributed by atoms with Crippen molar-refractivity contribution in [1.82, 2.24) is 10.3 Å². The lowest BCUT2D eigenvalue weighted by molar-refractivity contribution is 0.580. The number of likely N-dealkylation sites (N-methyl/N-ethyl adjacent to an activating group) is 1. The van der Waals surface area contributed by atoms with Crippen molar-refractivity contribution in [3.8, 4) is 0 Å². The fourth-order valence-electron chi connectivity index (χ4n) is 2.20. The maximum absolute atomic E-state index is 13.2. The van der Waals surface area contributed by atoms with Crippen LogP contribution in [0.1, 0.15) is 32.7 Å². The van der Waals surface area contributed by atoms with Crippen molar-refractivity contribution < 1.29 is 4.39 Å². The molecule has 0 aliphatic heterocycles. The lowest BCUT2D eigenvalue weighted by atomic mass is 9.99. The smallest absolute Gasteiger partial charge is 0.123 e. The fraction of sp³-hybridized carbons (Fsp3) is 0.400. The van der Waals surface area contributed by atoms with Crippen LogP contribution in [0.4, 0.5) is 4.39 Å². The van der Waals surface area contributed by atoms with Gasteiger partial charge in [-0.1, -0.05) is 6.07 Å². The van der Waals surface area contributed by atoms with Crippen LogP contribution in [-0.2, 0) is 6.42 Å². The van der Waals surface area contributed by atoms with E-state index in [2.05, 4.69) is 17.2 Å². The molecule has 0 saturated heterocycles. The van der Waals surface area contributed by atoms with Gasteiger partial charge < -0.3 is 5.32 Å². The molecule has 1 unspecified atom stereocenters. The van der Waals surface area contributed by atoms with Crippen LogP contribution >= 0.6 is 11.3 Å². The van der Waals surface area contributed by atoms with Gasteiger partial charge in [-0.05, 0) is 51.1 Å². The zero-order valence-corrected chi connectivity index (χ0v) is 12.6. The summed E-state index contributed by atoms with van der Waals surface area (Å²) in [6.07, 6.45) is 0.836. The average Bonchev–Trinajstić information content (AvgIpc) is 2.66. The zero-order chi connectivity index (χ0) is 14.0. The van der Waals surface area contributed by atoms with E-state index in [4.69, 9.17) is 0 Å². The lowest BCUT2D eigenvalue weighted by Crippen LogP contribution is -2.19. The first-order chi connectivity index (χ1) is 9.01. The molecule has 1 N–H and O–H groups in total. The first kappa shape index (κ1) is 14.2. The van der Waals surface area contributed by atoms with E-state index in [1.54, 1.807) is 17.4 Å². The highest BCUT2D eigenvalue weighted by atomic mass is 32.1. The summed E-state index contributed by atoms with van der Waals surface area (Å²) in [5, 5.41) is 4.42. The van der Waals surface area contributed by atoms with Crippen molar-refractivity contribution >= 4 is 11.3 Å². The van der Waals surface area contributed by atoms with Crippen LogP contribution in [0.3, 0.4) is 0 Å². The van der Waals surface area contributed by atoms with Crippen LogP contribution in [0.5, 0.6) is 0 Å². The normalized spacial score (nSPS) is 12.7. The number of halogens is 1. The molecule has 19 heavy (non-hydrogen) atoms. The Morgan fingerprint density at radius 1 is 1.32 bits per heavy atom. The van der Waals surface area contributed by atoms with Gasteiger partial charge in [0.1, 0.15) is 5.82 Å². The van der Waals surface area contributed by atoms with Crippen LogP contribution in [-0.4, -0.2) is 12.0 Å².